The summed E-state index contributed by atoms with van der Waals surface area (Å²) in [5, 5.41) is 7.10. The molecular weight excluding hydrogens is 316 g/mol. The summed E-state index contributed by atoms with van der Waals surface area (Å²) in [6.07, 6.45) is 1.54. The molecule has 0 saturated carbocycles. The van der Waals surface area contributed by atoms with Crippen molar-refractivity contribution < 1.29 is 14.1 Å². The number of nitrogens with zero attached hydrogens (tertiary/aromatic N) is 1. The molecular formula is C17H13ClN2O3. The van der Waals surface area contributed by atoms with E-state index >= 15 is 0 Å². The van der Waals surface area contributed by atoms with Gasteiger partial charge in [-0.05, 0) is 29.8 Å². The van der Waals surface area contributed by atoms with Gasteiger partial charge < -0.3 is 9.26 Å². The number of hydrogen-bond acceptors (Lipinski definition) is 4. The van der Waals surface area contributed by atoms with Crippen molar-refractivity contribution in [1.29, 1.82) is 0 Å². The summed E-state index contributed by atoms with van der Waals surface area (Å²) in [7, 11) is 1.51. The van der Waals surface area contributed by atoms with E-state index in [9.17, 15) is 4.79 Å². The second-order valence-electron chi connectivity index (χ2n) is 4.73. The minimum Gasteiger partial charge on any atom is -0.496 e. The van der Waals surface area contributed by atoms with Gasteiger partial charge >= 0.3 is 0 Å². The molecule has 2 aromatic carbocycles. The summed E-state index contributed by atoms with van der Waals surface area (Å²) in [6.45, 7) is 0. The van der Waals surface area contributed by atoms with E-state index in [-0.39, 0.29) is 11.8 Å². The first-order valence-corrected chi connectivity index (χ1v) is 7.22. The number of hydrogen-bond donors (Lipinski definition) is 1. The maximum atomic E-state index is 12.4. The first kappa shape index (κ1) is 15.1. The van der Waals surface area contributed by atoms with Gasteiger partial charge in [0.05, 0.1) is 24.4 Å². The van der Waals surface area contributed by atoms with Gasteiger partial charge in [-0.2, -0.15) is 0 Å². The zero-order chi connectivity index (χ0) is 16.2. The predicted molar refractivity (Wildman–Crippen MR) is 87.9 cm³/mol. The number of carbonyl (C=O) groups is 1. The van der Waals surface area contributed by atoms with Gasteiger partial charge in [-0.15, -0.1) is 0 Å². The van der Waals surface area contributed by atoms with Crippen molar-refractivity contribution in [3.8, 4) is 16.9 Å². The molecule has 1 aromatic heterocycles. The number of nitrogens with one attached hydrogen (secondary N) is 1. The minimum absolute atomic E-state index is 0.267. The molecule has 1 amide bonds. The van der Waals surface area contributed by atoms with Crippen molar-refractivity contribution in [2.45, 2.75) is 0 Å². The number of para-hydroxylation sites is 1. The van der Waals surface area contributed by atoms with Gasteiger partial charge in [0.15, 0.2) is 0 Å². The van der Waals surface area contributed by atoms with Gasteiger partial charge in [-0.25, -0.2) is 0 Å². The molecule has 0 fully saturated rings. The van der Waals surface area contributed by atoms with Crippen molar-refractivity contribution >= 4 is 23.4 Å². The van der Waals surface area contributed by atoms with E-state index in [4.69, 9.17) is 20.9 Å². The summed E-state index contributed by atoms with van der Waals surface area (Å²) in [5.41, 5.74) is 1.92. The number of benzene rings is 2. The van der Waals surface area contributed by atoms with Gasteiger partial charge in [-0.1, -0.05) is 41.0 Å². The van der Waals surface area contributed by atoms with Crippen LogP contribution in [0.2, 0.25) is 5.02 Å². The number of methoxy groups -OCH3 is 1. The fourth-order valence-electron chi connectivity index (χ4n) is 2.17. The lowest BCUT2D eigenvalue weighted by molar-refractivity contribution is 0.102. The molecule has 0 atom stereocenters. The van der Waals surface area contributed by atoms with Crippen LogP contribution in [0.3, 0.4) is 0 Å². The van der Waals surface area contributed by atoms with E-state index in [2.05, 4.69) is 10.5 Å². The molecule has 0 bridgehead atoms. The zero-order valence-corrected chi connectivity index (χ0v) is 13.0. The maximum absolute atomic E-state index is 12.4. The minimum atomic E-state index is -0.339. The van der Waals surface area contributed by atoms with Gasteiger partial charge in [0.1, 0.15) is 5.75 Å². The van der Waals surface area contributed by atoms with E-state index in [0.717, 1.165) is 5.56 Å². The Kier molecular flexibility index (Phi) is 4.30. The third-order valence-electron chi connectivity index (χ3n) is 3.30. The number of anilines is 1. The fraction of sp³-hybridized carbons (Fsp3) is 0.0588. The molecule has 0 spiro atoms. The van der Waals surface area contributed by atoms with Crippen LogP contribution < -0.4 is 10.1 Å². The predicted octanol–water partition coefficient (Wildman–Crippen LogP) is 4.26. The van der Waals surface area contributed by atoms with Crippen molar-refractivity contribution in [2.75, 3.05) is 12.4 Å². The number of amides is 1. The number of carbonyl (C=O) groups excluding carboxylic acids is 1. The Morgan fingerprint density at radius 3 is 2.65 bits per heavy atom. The Morgan fingerprint density at radius 1 is 1.17 bits per heavy atom. The van der Waals surface area contributed by atoms with Gasteiger partial charge in [0.2, 0.25) is 5.88 Å². The zero-order valence-electron chi connectivity index (χ0n) is 12.2. The lowest BCUT2D eigenvalue weighted by Gasteiger charge is -2.08. The third kappa shape index (κ3) is 3.19. The molecule has 0 saturated heterocycles. The highest BCUT2D eigenvalue weighted by molar-refractivity contribution is 6.30. The molecule has 1 heterocycles. The molecule has 3 aromatic rings. The second kappa shape index (κ2) is 6.54. The highest BCUT2D eigenvalue weighted by atomic mass is 35.5. The van der Waals surface area contributed by atoms with E-state index < -0.39 is 0 Å². The molecule has 5 nitrogen and oxygen atoms in total. The SMILES string of the molecule is COc1ccccc1C(=O)Nc1oncc1-c1ccc(Cl)cc1. The number of ether oxygens (including phenoxy) is 1. The standard InChI is InChI=1S/C17H13ClN2O3/c1-22-15-5-3-2-4-13(15)16(21)20-17-14(10-19-23-17)11-6-8-12(18)9-7-11/h2-10H,1H3,(H,20,21). The molecule has 0 unspecified atom stereocenters. The van der Waals surface area contributed by atoms with Gasteiger partial charge in [0.25, 0.3) is 5.91 Å². The smallest absolute Gasteiger partial charge is 0.261 e. The van der Waals surface area contributed by atoms with Crippen LogP contribution in [-0.2, 0) is 0 Å². The Bertz CT molecular complexity index is 828. The van der Waals surface area contributed by atoms with Crippen molar-refractivity contribution in [3.63, 3.8) is 0 Å². The quantitative estimate of drug-likeness (QED) is 0.777. The monoisotopic (exact) mass is 328 g/mol. The molecule has 1 N–H and O–H groups in total. The van der Waals surface area contributed by atoms with Crippen LogP contribution in [0.4, 0.5) is 5.88 Å². The van der Waals surface area contributed by atoms with Gasteiger partial charge in [-0.3, -0.25) is 10.1 Å². The van der Waals surface area contributed by atoms with Crippen LogP contribution in [-0.4, -0.2) is 18.2 Å². The summed E-state index contributed by atoms with van der Waals surface area (Å²) >= 11 is 5.89. The van der Waals surface area contributed by atoms with Gasteiger partial charge in [0, 0.05) is 5.02 Å². The number of aromatic nitrogens is 1. The number of halogens is 1. The maximum Gasteiger partial charge on any atom is 0.261 e. The molecule has 23 heavy (non-hydrogen) atoms. The second-order valence-corrected chi connectivity index (χ2v) is 5.17. The summed E-state index contributed by atoms with van der Waals surface area (Å²) in [5.74, 6) is 0.412. The highest BCUT2D eigenvalue weighted by Crippen LogP contribution is 2.29. The van der Waals surface area contributed by atoms with Crippen molar-refractivity contribution in [1.82, 2.24) is 5.16 Å². The largest absolute Gasteiger partial charge is 0.496 e. The van der Waals surface area contributed by atoms with E-state index in [1.165, 1.54) is 7.11 Å². The Morgan fingerprint density at radius 2 is 1.91 bits per heavy atom. The average Bonchev–Trinajstić information content (AvgIpc) is 3.03. The summed E-state index contributed by atoms with van der Waals surface area (Å²) in [6, 6.07) is 14.1. The topological polar surface area (TPSA) is 64.4 Å². The first-order valence-electron chi connectivity index (χ1n) is 6.84. The lowest BCUT2D eigenvalue weighted by Crippen LogP contribution is -2.13. The fourth-order valence-corrected chi connectivity index (χ4v) is 2.29. The van der Waals surface area contributed by atoms with Crippen LogP contribution in [0.25, 0.3) is 11.1 Å². The molecule has 0 aliphatic carbocycles. The molecule has 116 valence electrons. The Hall–Kier alpha value is -2.79. The molecule has 6 heteroatoms. The van der Waals surface area contributed by atoms with Crippen LogP contribution >= 0.6 is 11.6 Å². The van der Waals surface area contributed by atoms with Crippen molar-refractivity contribution in [2.24, 2.45) is 0 Å². The van der Waals surface area contributed by atoms with Crippen LogP contribution in [0.15, 0.2) is 59.3 Å². The van der Waals surface area contributed by atoms with E-state index in [0.29, 0.717) is 21.9 Å². The third-order valence-corrected chi connectivity index (χ3v) is 3.56. The Labute approximate surface area is 137 Å². The highest BCUT2D eigenvalue weighted by Gasteiger charge is 2.17. The average molecular weight is 329 g/mol. The molecule has 3 rings (SSSR count). The first-order chi connectivity index (χ1) is 11.2. The number of rotatable bonds is 4. The van der Waals surface area contributed by atoms with Crippen molar-refractivity contribution in [3.05, 3.63) is 65.3 Å². The molecule has 0 aliphatic heterocycles. The normalized spacial score (nSPS) is 10.3. The summed E-state index contributed by atoms with van der Waals surface area (Å²) in [4.78, 5) is 12.4. The van der Waals surface area contributed by atoms with Crippen LogP contribution in [0.1, 0.15) is 10.4 Å². The molecule has 0 radical (unpaired) electrons. The lowest BCUT2D eigenvalue weighted by atomic mass is 10.1. The van der Waals surface area contributed by atoms with Crippen LogP contribution in [0.5, 0.6) is 5.75 Å². The Balaban J connectivity index is 1.88. The van der Waals surface area contributed by atoms with E-state index in [1.54, 1.807) is 42.6 Å². The molecule has 0 aliphatic rings. The van der Waals surface area contributed by atoms with E-state index in [1.807, 2.05) is 12.1 Å². The summed E-state index contributed by atoms with van der Waals surface area (Å²) < 4.78 is 10.4. The van der Waals surface area contributed by atoms with Crippen LogP contribution in [0, 0.1) is 0 Å².